The van der Waals surface area contributed by atoms with Crippen LogP contribution >= 0.6 is 11.8 Å². The van der Waals surface area contributed by atoms with Crippen molar-refractivity contribution in [2.24, 2.45) is 0 Å². The van der Waals surface area contributed by atoms with E-state index in [9.17, 15) is 5.11 Å². The number of ether oxygens (including phenoxy) is 1. The van der Waals surface area contributed by atoms with Crippen LogP contribution in [0.15, 0.2) is 18.2 Å². The smallest absolute Gasteiger partial charge is 0.122 e. The van der Waals surface area contributed by atoms with Crippen molar-refractivity contribution in [2.75, 3.05) is 26.0 Å². The summed E-state index contributed by atoms with van der Waals surface area (Å²) in [5, 5.41) is 13.0. The third-order valence-electron chi connectivity index (χ3n) is 3.67. The van der Waals surface area contributed by atoms with Gasteiger partial charge in [0.05, 0.1) is 13.2 Å². The summed E-state index contributed by atoms with van der Waals surface area (Å²) in [5.41, 5.74) is 2.69. The topological polar surface area (TPSA) is 41.5 Å². The van der Waals surface area contributed by atoms with E-state index in [1.54, 1.807) is 11.8 Å². The molecular weight excluding hydrogens is 258 g/mol. The minimum Gasteiger partial charge on any atom is -0.493 e. The lowest BCUT2D eigenvalue weighted by molar-refractivity contribution is 0.276. The minimum atomic E-state index is 0.228. The van der Waals surface area contributed by atoms with Gasteiger partial charge in [0.15, 0.2) is 0 Å². The third-order valence-corrected chi connectivity index (χ3v) is 4.84. The van der Waals surface area contributed by atoms with Crippen molar-refractivity contribution in [1.82, 2.24) is 5.32 Å². The van der Waals surface area contributed by atoms with E-state index in [0.717, 1.165) is 31.7 Å². The first-order valence-corrected chi connectivity index (χ1v) is 8.15. The summed E-state index contributed by atoms with van der Waals surface area (Å²) >= 11 is 1.71. The molecule has 3 nitrogen and oxygen atoms in total. The van der Waals surface area contributed by atoms with Crippen molar-refractivity contribution in [1.29, 1.82) is 0 Å². The Labute approximate surface area is 119 Å². The molecule has 4 heteroatoms. The lowest BCUT2D eigenvalue weighted by Gasteiger charge is -2.21. The Morgan fingerprint density at radius 3 is 3.05 bits per heavy atom. The summed E-state index contributed by atoms with van der Waals surface area (Å²) < 4.78 is 5.51. The Kier molecular flexibility index (Phi) is 5.55. The summed E-state index contributed by atoms with van der Waals surface area (Å²) in [7, 11) is 0. The van der Waals surface area contributed by atoms with Gasteiger partial charge in [-0.3, -0.25) is 0 Å². The maximum Gasteiger partial charge on any atom is 0.122 e. The first-order valence-electron chi connectivity index (χ1n) is 6.86. The predicted octanol–water partition coefficient (Wildman–Crippen LogP) is 1.87. The highest BCUT2D eigenvalue weighted by Gasteiger charge is 2.15. The fourth-order valence-electron chi connectivity index (χ4n) is 2.41. The van der Waals surface area contributed by atoms with Crippen LogP contribution in [0.3, 0.4) is 0 Å². The maximum absolute atomic E-state index is 9.24. The fraction of sp³-hybridized carbons (Fsp3) is 0.600. The quantitative estimate of drug-likeness (QED) is 0.800. The standard InChI is InChI=1S/C15H23NO2S/c1-11(15(10-17)19-2)16-7-5-12-3-4-14-13(9-12)6-8-18-14/h3-4,9,11,15-17H,5-8,10H2,1-2H3. The van der Waals surface area contributed by atoms with Crippen molar-refractivity contribution < 1.29 is 9.84 Å². The second-order valence-corrected chi connectivity index (χ2v) is 6.07. The molecule has 0 saturated carbocycles. The van der Waals surface area contributed by atoms with Crippen LogP contribution in [0.1, 0.15) is 18.1 Å². The van der Waals surface area contributed by atoms with E-state index in [2.05, 4.69) is 30.4 Å². The summed E-state index contributed by atoms with van der Waals surface area (Å²) in [6, 6.07) is 6.82. The normalized spacial score (nSPS) is 16.8. The third kappa shape index (κ3) is 3.88. The van der Waals surface area contributed by atoms with Crippen molar-refractivity contribution in [3.8, 4) is 5.75 Å². The van der Waals surface area contributed by atoms with E-state index < -0.39 is 0 Å². The second-order valence-electron chi connectivity index (χ2n) is 4.99. The number of aliphatic hydroxyl groups excluding tert-OH is 1. The zero-order valence-corrected chi connectivity index (χ0v) is 12.5. The van der Waals surface area contributed by atoms with Crippen LogP contribution in [0.5, 0.6) is 5.75 Å². The van der Waals surface area contributed by atoms with Crippen molar-refractivity contribution >= 4 is 11.8 Å². The van der Waals surface area contributed by atoms with Gasteiger partial charge in [0.2, 0.25) is 0 Å². The fourth-order valence-corrected chi connectivity index (χ4v) is 3.06. The molecule has 1 aliphatic rings. The van der Waals surface area contributed by atoms with Crippen LogP contribution in [0, 0.1) is 0 Å². The number of hydrogen-bond acceptors (Lipinski definition) is 4. The number of nitrogens with one attached hydrogen (secondary N) is 1. The Bertz CT molecular complexity index is 407. The molecule has 2 rings (SSSR count). The summed E-state index contributed by atoms with van der Waals surface area (Å²) in [4.78, 5) is 0. The average molecular weight is 281 g/mol. The molecule has 1 aromatic carbocycles. The van der Waals surface area contributed by atoms with Crippen molar-refractivity contribution in [3.05, 3.63) is 29.3 Å². The molecule has 1 heterocycles. The summed E-state index contributed by atoms with van der Waals surface area (Å²) in [6.45, 7) is 4.12. The molecule has 0 aliphatic carbocycles. The van der Waals surface area contributed by atoms with E-state index in [-0.39, 0.29) is 11.9 Å². The molecule has 19 heavy (non-hydrogen) atoms. The number of thioether (sulfide) groups is 1. The zero-order valence-electron chi connectivity index (χ0n) is 11.7. The molecule has 0 radical (unpaired) electrons. The van der Waals surface area contributed by atoms with Gasteiger partial charge in [-0.25, -0.2) is 0 Å². The number of rotatable bonds is 7. The second kappa shape index (κ2) is 7.17. The molecule has 2 N–H and O–H groups in total. The number of fused-ring (bicyclic) bond motifs is 1. The van der Waals surface area contributed by atoms with Crippen molar-refractivity contribution in [3.63, 3.8) is 0 Å². The number of benzene rings is 1. The van der Waals surface area contributed by atoms with Gasteiger partial charge in [-0.15, -0.1) is 0 Å². The molecule has 1 aliphatic heterocycles. The number of aliphatic hydroxyl groups is 1. The van der Waals surface area contributed by atoms with E-state index in [1.807, 2.05) is 6.26 Å². The van der Waals surface area contributed by atoms with Gasteiger partial charge < -0.3 is 15.2 Å². The lowest BCUT2D eigenvalue weighted by atomic mass is 10.1. The van der Waals surface area contributed by atoms with Gasteiger partial charge in [0.1, 0.15) is 5.75 Å². The van der Waals surface area contributed by atoms with Gasteiger partial charge in [0.25, 0.3) is 0 Å². The van der Waals surface area contributed by atoms with E-state index in [0.29, 0.717) is 6.04 Å². The molecule has 2 atom stereocenters. The van der Waals surface area contributed by atoms with Crippen LogP contribution in [0.4, 0.5) is 0 Å². The first-order chi connectivity index (χ1) is 9.24. The lowest BCUT2D eigenvalue weighted by Crippen LogP contribution is -2.38. The minimum absolute atomic E-state index is 0.228. The van der Waals surface area contributed by atoms with Crippen LogP contribution in [-0.2, 0) is 12.8 Å². The molecule has 0 aromatic heterocycles. The highest BCUT2D eigenvalue weighted by molar-refractivity contribution is 7.99. The molecule has 0 amide bonds. The Hall–Kier alpha value is -0.710. The van der Waals surface area contributed by atoms with Crippen LogP contribution in [-0.4, -0.2) is 42.4 Å². The molecule has 0 saturated heterocycles. The Morgan fingerprint density at radius 2 is 2.32 bits per heavy atom. The van der Waals surface area contributed by atoms with Gasteiger partial charge in [0, 0.05) is 17.7 Å². The van der Waals surface area contributed by atoms with Gasteiger partial charge in [-0.1, -0.05) is 12.1 Å². The SMILES string of the molecule is CSC(CO)C(C)NCCc1ccc2c(c1)CCO2. The molecule has 0 spiro atoms. The average Bonchev–Trinajstić information content (AvgIpc) is 2.87. The first kappa shape index (κ1) is 14.7. The summed E-state index contributed by atoms with van der Waals surface area (Å²) in [6.07, 6.45) is 4.09. The Balaban J connectivity index is 1.79. The molecule has 0 bridgehead atoms. The monoisotopic (exact) mass is 281 g/mol. The van der Waals surface area contributed by atoms with Crippen LogP contribution in [0.2, 0.25) is 0 Å². The summed E-state index contributed by atoms with van der Waals surface area (Å²) in [5.74, 6) is 1.05. The zero-order chi connectivity index (χ0) is 13.7. The number of hydrogen-bond donors (Lipinski definition) is 2. The van der Waals surface area contributed by atoms with Gasteiger partial charge >= 0.3 is 0 Å². The molecular formula is C15H23NO2S. The van der Waals surface area contributed by atoms with Gasteiger partial charge in [-0.05, 0) is 43.3 Å². The van der Waals surface area contributed by atoms with Crippen molar-refractivity contribution in [2.45, 2.75) is 31.1 Å². The largest absolute Gasteiger partial charge is 0.493 e. The van der Waals surface area contributed by atoms with E-state index in [4.69, 9.17) is 4.74 Å². The maximum atomic E-state index is 9.24. The highest BCUT2D eigenvalue weighted by atomic mass is 32.2. The van der Waals surface area contributed by atoms with E-state index in [1.165, 1.54) is 11.1 Å². The van der Waals surface area contributed by atoms with Crippen LogP contribution < -0.4 is 10.1 Å². The highest BCUT2D eigenvalue weighted by Crippen LogP contribution is 2.25. The van der Waals surface area contributed by atoms with E-state index >= 15 is 0 Å². The Morgan fingerprint density at radius 1 is 1.47 bits per heavy atom. The molecule has 106 valence electrons. The molecule has 1 aromatic rings. The molecule has 0 fully saturated rings. The predicted molar refractivity (Wildman–Crippen MR) is 81.2 cm³/mol. The molecule has 2 unspecified atom stereocenters. The van der Waals surface area contributed by atoms with Crippen LogP contribution in [0.25, 0.3) is 0 Å². The van der Waals surface area contributed by atoms with Gasteiger partial charge in [-0.2, -0.15) is 11.8 Å².